The minimum atomic E-state index is -1.30. The molecule has 1 amide bonds. The van der Waals surface area contributed by atoms with Crippen molar-refractivity contribution in [1.29, 1.82) is 5.41 Å². The van der Waals surface area contributed by atoms with Crippen molar-refractivity contribution in [2.75, 3.05) is 12.4 Å². The molecule has 0 spiro atoms. The van der Waals surface area contributed by atoms with Crippen LogP contribution < -0.4 is 10.6 Å². The molecule has 0 radical (unpaired) electrons. The van der Waals surface area contributed by atoms with Gasteiger partial charge < -0.3 is 26.3 Å². The zero-order valence-electron chi connectivity index (χ0n) is 14.4. The SMILES string of the molecule is CN/C=C(\C=N)c1ccncc1/C=C/C(=O)Nc1ccc(O)c(C(=O)O)c1. The normalized spacial score (nSPS) is 11.2. The van der Waals surface area contributed by atoms with Crippen LogP contribution in [0.5, 0.6) is 5.75 Å². The number of aromatic carboxylic acids is 1. The Morgan fingerprint density at radius 2 is 2.00 bits per heavy atom. The average Bonchev–Trinajstić information content (AvgIpc) is 2.66. The molecule has 138 valence electrons. The van der Waals surface area contributed by atoms with E-state index >= 15 is 0 Å². The van der Waals surface area contributed by atoms with Crippen molar-refractivity contribution in [3.8, 4) is 5.75 Å². The molecule has 2 rings (SSSR count). The Balaban J connectivity index is 2.21. The van der Waals surface area contributed by atoms with Crippen molar-refractivity contribution in [2.45, 2.75) is 0 Å². The van der Waals surface area contributed by atoms with Crippen LogP contribution in [0.2, 0.25) is 0 Å². The summed E-state index contributed by atoms with van der Waals surface area (Å²) >= 11 is 0. The number of phenols is 1. The van der Waals surface area contributed by atoms with Crippen molar-refractivity contribution in [3.05, 3.63) is 65.6 Å². The smallest absolute Gasteiger partial charge is 0.339 e. The van der Waals surface area contributed by atoms with Gasteiger partial charge in [-0.1, -0.05) is 0 Å². The number of nitrogens with zero attached hydrogens (tertiary/aromatic N) is 1. The topological polar surface area (TPSA) is 135 Å². The maximum atomic E-state index is 12.1. The number of aromatic nitrogens is 1. The summed E-state index contributed by atoms with van der Waals surface area (Å²) in [7, 11) is 1.72. The van der Waals surface area contributed by atoms with Gasteiger partial charge in [-0.3, -0.25) is 9.78 Å². The number of carbonyl (C=O) groups excluding carboxylic acids is 1. The van der Waals surface area contributed by atoms with Crippen LogP contribution in [0.4, 0.5) is 5.69 Å². The zero-order valence-corrected chi connectivity index (χ0v) is 14.4. The van der Waals surface area contributed by atoms with Gasteiger partial charge in [-0.25, -0.2) is 4.79 Å². The second kappa shape index (κ2) is 8.95. The number of rotatable bonds is 7. The zero-order chi connectivity index (χ0) is 19.8. The van der Waals surface area contributed by atoms with Gasteiger partial charge in [0.15, 0.2) is 0 Å². The molecule has 1 aromatic carbocycles. The molecule has 0 unspecified atom stereocenters. The van der Waals surface area contributed by atoms with Gasteiger partial charge in [0.2, 0.25) is 5.91 Å². The molecule has 5 N–H and O–H groups in total. The third-order valence-corrected chi connectivity index (χ3v) is 3.53. The molecule has 27 heavy (non-hydrogen) atoms. The van der Waals surface area contributed by atoms with E-state index in [0.29, 0.717) is 11.1 Å². The molecule has 0 aliphatic rings. The quantitative estimate of drug-likeness (QED) is 0.290. The summed E-state index contributed by atoms with van der Waals surface area (Å²) in [5, 5.41) is 31.4. The number of allylic oxidation sites excluding steroid dienone is 1. The number of benzene rings is 1. The molecule has 0 saturated carbocycles. The monoisotopic (exact) mass is 366 g/mol. The average molecular weight is 366 g/mol. The number of hydrogen-bond donors (Lipinski definition) is 5. The highest BCUT2D eigenvalue weighted by molar-refractivity contribution is 6.10. The lowest BCUT2D eigenvalue weighted by atomic mass is 10.0. The molecule has 8 nitrogen and oxygen atoms in total. The van der Waals surface area contributed by atoms with Crippen LogP contribution in [0.25, 0.3) is 11.6 Å². The van der Waals surface area contributed by atoms with Crippen molar-refractivity contribution < 1.29 is 19.8 Å². The maximum Gasteiger partial charge on any atom is 0.339 e. The fourth-order valence-electron chi connectivity index (χ4n) is 2.29. The van der Waals surface area contributed by atoms with Crippen LogP contribution in [0.1, 0.15) is 21.5 Å². The van der Waals surface area contributed by atoms with Gasteiger partial charge >= 0.3 is 5.97 Å². The van der Waals surface area contributed by atoms with Crippen LogP contribution in [0.3, 0.4) is 0 Å². The van der Waals surface area contributed by atoms with E-state index in [0.717, 1.165) is 5.56 Å². The van der Waals surface area contributed by atoms with E-state index in [1.807, 2.05) is 0 Å². The molecule has 0 bridgehead atoms. The van der Waals surface area contributed by atoms with Crippen molar-refractivity contribution in [1.82, 2.24) is 10.3 Å². The van der Waals surface area contributed by atoms with Crippen LogP contribution in [-0.4, -0.2) is 40.3 Å². The first kappa shape index (κ1) is 19.4. The first-order chi connectivity index (χ1) is 13.0. The largest absolute Gasteiger partial charge is 0.507 e. The number of carbonyl (C=O) groups is 2. The van der Waals surface area contributed by atoms with E-state index in [1.165, 1.54) is 30.5 Å². The van der Waals surface area contributed by atoms with Gasteiger partial charge in [-0.2, -0.15) is 0 Å². The Hall–Kier alpha value is -3.94. The van der Waals surface area contributed by atoms with E-state index in [9.17, 15) is 14.7 Å². The molecule has 0 atom stereocenters. The predicted octanol–water partition coefficient (Wildman–Crippen LogP) is 2.35. The van der Waals surface area contributed by atoms with Gasteiger partial charge in [0.25, 0.3) is 0 Å². The number of carboxylic acids is 1. The summed E-state index contributed by atoms with van der Waals surface area (Å²) in [5.74, 6) is -2.16. The van der Waals surface area contributed by atoms with Crippen LogP contribution in [-0.2, 0) is 4.79 Å². The first-order valence-electron chi connectivity index (χ1n) is 7.84. The summed E-state index contributed by atoms with van der Waals surface area (Å²) in [5.41, 5.74) is 1.90. The first-order valence-corrected chi connectivity index (χ1v) is 7.84. The summed E-state index contributed by atoms with van der Waals surface area (Å²) in [6.07, 6.45) is 8.81. The van der Waals surface area contributed by atoms with Gasteiger partial charge in [-0.05, 0) is 35.9 Å². The lowest BCUT2D eigenvalue weighted by Gasteiger charge is -2.07. The lowest BCUT2D eigenvalue weighted by molar-refractivity contribution is -0.111. The van der Waals surface area contributed by atoms with Gasteiger partial charge in [0, 0.05) is 54.8 Å². The Bertz CT molecular complexity index is 935. The Morgan fingerprint density at radius 1 is 1.22 bits per heavy atom. The van der Waals surface area contributed by atoms with E-state index in [2.05, 4.69) is 15.6 Å². The molecular formula is C19H18N4O4. The molecule has 0 saturated heterocycles. The summed E-state index contributed by atoms with van der Waals surface area (Å²) in [4.78, 5) is 27.2. The Labute approximate surface area is 155 Å². The molecule has 8 heteroatoms. The highest BCUT2D eigenvalue weighted by atomic mass is 16.4. The fourth-order valence-corrected chi connectivity index (χ4v) is 2.29. The summed E-state index contributed by atoms with van der Waals surface area (Å²) < 4.78 is 0. The molecule has 1 heterocycles. The number of amides is 1. The fraction of sp³-hybridized carbons (Fsp3) is 0.0526. The van der Waals surface area contributed by atoms with Crippen molar-refractivity contribution in [3.63, 3.8) is 0 Å². The third kappa shape index (κ3) is 5.02. The van der Waals surface area contributed by atoms with Crippen molar-refractivity contribution in [2.24, 2.45) is 0 Å². The Morgan fingerprint density at radius 3 is 2.67 bits per heavy atom. The standard InChI is InChI=1S/C19H18N4O4/c1-21-10-13(9-20)15-6-7-22-11-12(15)2-5-18(25)23-14-3-4-17(24)16(8-14)19(26)27/h2-11,20-21,24H,1H3,(H,23,25)(H,26,27)/b5-2+,13-10+,20-9?. The third-order valence-electron chi connectivity index (χ3n) is 3.53. The van der Waals surface area contributed by atoms with E-state index in [-0.39, 0.29) is 17.0 Å². The van der Waals surface area contributed by atoms with Gasteiger partial charge in [0.1, 0.15) is 11.3 Å². The highest BCUT2D eigenvalue weighted by Crippen LogP contribution is 2.22. The molecule has 0 aliphatic carbocycles. The van der Waals surface area contributed by atoms with Crippen LogP contribution >= 0.6 is 0 Å². The number of hydrogen-bond acceptors (Lipinski definition) is 6. The Kier molecular flexibility index (Phi) is 6.43. The van der Waals surface area contributed by atoms with Crippen LogP contribution in [0.15, 0.2) is 48.9 Å². The molecular weight excluding hydrogens is 348 g/mol. The molecule has 0 aliphatic heterocycles. The van der Waals surface area contributed by atoms with Gasteiger partial charge in [-0.15, -0.1) is 0 Å². The number of aromatic hydroxyl groups is 1. The van der Waals surface area contributed by atoms with E-state index in [1.54, 1.807) is 37.8 Å². The van der Waals surface area contributed by atoms with Gasteiger partial charge in [0.05, 0.1) is 0 Å². The predicted molar refractivity (Wildman–Crippen MR) is 103 cm³/mol. The van der Waals surface area contributed by atoms with E-state index < -0.39 is 11.9 Å². The number of pyridine rings is 1. The maximum absolute atomic E-state index is 12.1. The second-order valence-electron chi connectivity index (χ2n) is 5.36. The summed E-state index contributed by atoms with van der Waals surface area (Å²) in [6, 6.07) is 5.49. The number of nitrogens with one attached hydrogen (secondary N) is 3. The summed E-state index contributed by atoms with van der Waals surface area (Å²) in [6.45, 7) is 0. The second-order valence-corrected chi connectivity index (χ2v) is 5.36. The minimum absolute atomic E-state index is 0.238. The highest BCUT2D eigenvalue weighted by Gasteiger charge is 2.11. The number of carboxylic acid groups (broad SMARTS) is 1. The van der Waals surface area contributed by atoms with E-state index in [4.69, 9.17) is 10.5 Å². The molecule has 0 fully saturated rings. The number of anilines is 1. The molecule has 1 aromatic heterocycles. The van der Waals surface area contributed by atoms with Crippen LogP contribution in [0, 0.1) is 5.41 Å². The minimum Gasteiger partial charge on any atom is -0.507 e. The van der Waals surface area contributed by atoms with Crippen molar-refractivity contribution >= 4 is 35.4 Å². The molecule has 2 aromatic rings. The lowest BCUT2D eigenvalue weighted by Crippen LogP contribution is -2.09.